The zero-order valence-corrected chi connectivity index (χ0v) is 9.58. The van der Waals surface area contributed by atoms with Crippen LogP contribution in [0.5, 0.6) is 0 Å². The molecule has 0 spiro atoms. The first-order valence-electron chi connectivity index (χ1n) is 5.80. The van der Waals surface area contributed by atoms with Crippen LogP contribution < -0.4 is 0 Å². The fourth-order valence-corrected chi connectivity index (χ4v) is 2.63. The van der Waals surface area contributed by atoms with Crippen molar-refractivity contribution in [1.82, 2.24) is 4.57 Å². The molecular formula is C13H18N2. The number of nitrogens with zero attached hydrogens (tertiary/aromatic N) is 2. The number of hydrogen-bond acceptors (Lipinski definition) is 1. The summed E-state index contributed by atoms with van der Waals surface area (Å²) in [5.41, 5.74) is 3.32. The largest absolute Gasteiger partial charge is 0.350 e. The monoisotopic (exact) mass is 202 g/mol. The molecule has 0 amide bonds. The Kier molecular flexibility index (Phi) is 2.81. The maximum absolute atomic E-state index is 8.99. The molecule has 1 aliphatic carbocycles. The number of aromatic nitrogens is 1. The summed E-state index contributed by atoms with van der Waals surface area (Å²) in [5, 5.41) is 8.99. The molecule has 0 atom stereocenters. The van der Waals surface area contributed by atoms with E-state index in [1.165, 1.54) is 37.8 Å². The smallest absolute Gasteiger partial charge is 0.101 e. The molecule has 0 radical (unpaired) electrons. The molecule has 80 valence electrons. The van der Waals surface area contributed by atoms with Crippen molar-refractivity contribution < 1.29 is 0 Å². The highest BCUT2D eigenvalue weighted by molar-refractivity contribution is 5.38. The third-order valence-corrected chi connectivity index (χ3v) is 3.72. The van der Waals surface area contributed by atoms with Gasteiger partial charge in [0.25, 0.3) is 0 Å². The quantitative estimate of drug-likeness (QED) is 0.687. The predicted octanol–water partition coefficient (Wildman–Crippen LogP) is 3.25. The summed E-state index contributed by atoms with van der Waals surface area (Å²) >= 11 is 0. The molecule has 0 unspecified atom stereocenters. The molecule has 1 aliphatic rings. The maximum atomic E-state index is 8.99. The van der Waals surface area contributed by atoms with Crippen molar-refractivity contribution in [3.8, 4) is 6.07 Å². The van der Waals surface area contributed by atoms with Gasteiger partial charge >= 0.3 is 0 Å². The minimum Gasteiger partial charge on any atom is -0.350 e. The highest BCUT2D eigenvalue weighted by Crippen LogP contribution is 2.34. The lowest BCUT2D eigenvalue weighted by Gasteiger charge is -2.22. The van der Waals surface area contributed by atoms with Crippen LogP contribution in [0.1, 0.15) is 55.0 Å². The molecule has 0 aromatic carbocycles. The van der Waals surface area contributed by atoms with Crippen molar-refractivity contribution in [2.75, 3.05) is 0 Å². The SMILES string of the molecule is Cc1c(C#N)cc(C2CCCCC2)n1C. The average Bonchev–Trinajstić information content (AvgIpc) is 2.57. The van der Waals surface area contributed by atoms with E-state index in [1.807, 2.05) is 6.92 Å². The second-order valence-electron chi connectivity index (χ2n) is 4.57. The van der Waals surface area contributed by atoms with Crippen molar-refractivity contribution in [2.24, 2.45) is 7.05 Å². The Morgan fingerprint density at radius 1 is 1.33 bits per heavy atom. The highest BCUT2D eigenvalue weighted by Gasteiger charge is 2.20. The van der Waals surface area contributed by atoms with E-state index in [1.54, 1.807) is 0 Å². The topological polar surface area (TPSA) is 28.7 Å². The number of rotatable bonds is 1. The minimum atomic E-state index is 0.685. The van der Waals surface area contributed by atoms with Gasteiger partial charge in [-0.2, -0.15) is 5.26 Å². The van der Waals surface area contributed by atoms with Crippen LogP contribution in [0, 0.1) is 18.3 Å². The van der Waals surface area contributed by atoms with E-state index in [0.717, 1.165) is 11.3 Å². The molecule has 1 aromatic rings. The Hall–Kier alpha value is -1.23. The van der Waals surface area contributed by atoms with Crippen LogP contribution in [-0.4, -0.2) is 4.57 Å². The Bertz CT molecular complexity index is 389. The van der Waals surface area contributed by atoms with Gasteiger partial charge in [-0.25, -0.2) is 0 Å². The second kappa shape index (κ2) is 4.10. The Morgan fingerprint density at radius 2 is 2.00 bits per heavy atom. The lowest BCUT2D eigenvalue weighted by Crippen LogP contribution is -2.09. The third-order valence-electron chi connectivity index (χ3n) is 3.72. The van der Waals surface area contributed by atoms with Gasteiger partial charge < -0.3 is 4.57 Å². The molecule has 2 nitrogen and oxygen atoms in total. The van der Waals surface area contributed by atoms with Crippen LogP contribution in [-0.2, 0) is 7.05 Å². The zero-order valence-electron chi connectivity index (χ0n) is 9.58. The molecule has 0 aliphatic heterocycles. The summed E-state index contributed by atoms with van der Waals surface area (Å²) < 4.78 is 2.20. The predicted molar refractivity (Wildman–Crippen MR) is 60.7 cm³/mol. The lowest BCUT2D eigenvalue weighted by atomic mass is 9.87. The van der Waals surface area contributed by atoms with Gasteiger partial charge in [-0.15, -0.1) is 0 Å². The van der Waals surface area contributed by atoms with Gasteiger partial charge in [0.2, 0.25) is 0 Å². The highest BCUT2D eigenvalue weighted by atomic mass is 15.0. The molecule has 1 saturated carbocycles. The zero-order chi connectivity index (χ0) is 10.8. The van der Waals surface area contributed by atoms with Gasteiger partial charge in [-0.1, -0.05) is 19.3 Å². The van der Waals surface area contributed by atoms with E-state index >= 15 is 0 Å². The lowest BCUT2D eigenvalue weighted by molar-refractivity contribution is 0.428. The number of nitriles is 1. The molecule has 1 fully saturated rings. The van der Waals surface area contributed by atoms with Gasteiger partial charge in [0.05, 0.1) is 5.56 Å². The fraction of sp³-hybridized carbons (Fsp3) is 0.615. The molecule has 1 aromatic heterocycles. The van der Waals surface area contributed by atoms with Gasteiger partial charge in [-0.05, 0) is 31.7 Å². The normalized spacial score (nSPS) is 17.7. The van der Waals surface area contributed by atoms with Crippen LogP contribution in [0.3, 0.4) is 0 Å². The van der Waals surface area contributed by atoms with Crippen LogP contribution in [0.4, 0.5) is 0 Å². The molecule has 1 heterocycles. The summed E-state index contributed by atoms with van der Waals surface area (Å²) in [7, 11) is 2.08. The molecule has 2 heteroatoms. The van der Waals surface area contributed by atoms with E-state index < -0.39 is 0 Å². The van der Waals surface area contributed by atoms with Gasteiger partial charge in [0.1, 0.15) is 6.07 Å². The third kappa shape index (κ3) is 1.79. The first-order valence-corrected chi connectivity index (χ1v) is 5.80. The summed E-state index contributed by atoms with van der Waals surface area (Å²) in [5.74, 6) is 0.685. The molecule has 0 bridgehead atoms. The molecule has 0 N–H and O–H groups in total. The first-order chi connectivity index (χ1) is 7.24. The summed E-state index contributed by atoms with van der Waals surface area (Å²) in [6.07, 6.45) is 6.66. The van der Waals surface area contributed by atoms with E-state index in [2.05, 4.69) is 23.8 Å². The van der Waals surface area contributed by atoms with Gasteiger partial charge in [0, 0.05) is 18.4 Å². The number of hydrogen-bond donors (Lipinski definition) is 0. The molecular weight excluding hydrogens is 184 g/mol. The van der Waals surface area contributed by atoms with Gasteiger partial charge in [-0.3, -0.25) is 0 Å². The van der Waals surface area contributed by atoms with E-state index in [0.29, 0.717) is 5.92 Å². The molecule has 2 rings (SSSR count). The first kappa shape index (κ1) is 10.3. The fourth-order valence-electron chi connectivity index (χ4n) is 2.63. The van der Waals surface area contributed by atoms with Crippen LogP contribution in [0.15, 0.2) is 6.07 Å². The van der Waals surface area contributed by atoms with Crippen LogP contribution in [0.2, 0.25) is 0 Å². The van der Waals surface area contributed by atoms with E-state index in [9.17, 15) is 0 Å². The van der Waals surface area contributed by atoms with E-state index in [4.69, 9.17) is 5.26 Å². The van der Waals surface area contributed by atoms with E-state index in [-0.39, 0.29) is 0 Å². The Morgan fingerprint density at radius 3 is 2.53 bits per heavy atom. The minimum absolute atomic E-state index is 0.685. The average molecular weight is 202 g/mol. The van der Waals surface area contributed by atoms with Crippen molar-refractivity contribution in [2.45, 2.75) is 44.9 Å². The summed E-state index contributed by atoms with van der Waals surface area (Å²) in [6, 6.07) is 4.36. The van der Waals surface area contributed by atoms with Crippen molar-refractivity contribution >= 4 is 0 Å². The van der Waals surface area contributed by atoms with Crippen LogP contribution >= 0.6 is 0 Å². The Balaban J connectivity index is 2.31. The maximum Gasteiger partial charge on any atom is 0.101 e. The van der Waals surface area contributed by atoms with Crippen molar-refractivity contribution in [3.05, 3.63) is 23.0 Å². The molecule has 15 heavy (non-hydrogen) atoms. The standard InChI is InChI=1S/C13H18N2/c1-10-12(9-14)8-13(15(10)2)11-6-4-3-5-7-11/h8,11H,3-7H2,1-2H3. The molecule has 0 saturated heterocycles. The second-order valence-corrected chi connectivity index (χ2v) is 4.57. The van der Waals surface area contributed by atoms with Gasteiger partial charge in [0.15, 0.2) is 0 Å². The van der Waals surface area contributed by atoms with Crippen molar-refractivity contribution in [1.29, 1.82) is 5.26 Å². The van der Waals surface area contributed by atoms with Crippen LogP contribution in [0.25, 0.3) is 0 Å². The van der Waals surface area contributed by atoms with Crippen molar-refractivity contribution in [3.63, 3.8) is 0 Å². The summed E-state index contributed by atoms with van der Waals surface area (Å²) in [4.78, 5) is 0. The summed E-state index contributed by atoms with van der Waals surface area (Å²) in [6.45, 7) is 2.03. The Labute approximate surface area is 91.5 Å².